The molecule has 370 valence electrons. The number of hydrogen-bond acceptors (Lipinski definition) is 18. The zero-order chi connectivity index (χ0) is 48.0. The molecule has 12 unspecified atom stereocenters. The maximum absolute atomic E-state index is 11.6. The monoisotopic (exact) mass is 933 g/mol. The lowest BCUT2D eigenvalue weighted by Crippen LogP contribution is -2.47. The van der Waals surface area contributed by atoms with Gasteiger partial charge < -0.3 is 77.6 Å². The Hall–Kier alpha value is -3.38. The van der Waals surface area contributed by atoms with Gasteiger partial charge in [0.15, 0.2) is 42.1 Å². The van der Waals surface area contributed by atoms with Gasteiger partial charge in [0.05, 0.1) is 31.0 Å². The fraction of sp³-hybridized carbons (Fsp3) is 0.702. The lowest BCUT2D eigenvalue weighted by molar-refractivity contribution is -0.715. The van der Waals surface area contributed by atoms with Crippen molar-refractivity contribution in [2.24, 2.45) is 5.73 Å². The number of carbonyl (C=O) groups excluding carboxylic acids is 1. The zero-order valence-corrected chi connectivity index (χ0v) is 39.6. The molecule has 0 saturated carbocycles. The molecule has 19 nitrogen and oxygen atoms in total. The Morgan fingerprint density at radius 3 is 1.58 bits per heavy atom. The quantitative estimate of drug-likeness (QED) is 0.122. The topological polar surface area (TPSA) is 252 Å². The van der Waals surface area contributed by atoms with Gasteiger partial charge in [-0.2, -0.15) is 4.57 Å². The Morgan fingerprint density at radius 2 is 1.09 bits per heavy atom. The van der Waals surface area contributed by atoms with Gasteiger partial charge in [0, 0.05) is 12.6 Å². The van der Waals surface area contributed by atoms with E-state index in [-0.39, 0.29) is 105 Å². The SMILES string of the molecule is CCC1OC(CN)C2OC(C)(C)OC12.CCC1OC(C[n+]2cc([O-])ccc2CO)C2OC(C)(C)OC12.CCC1OC(NCc2ccc(CO)o2)C2OC(C)(C)OC12.O=Cc1ccc(CO)o1. The number of aliphatic hydroxyl groups is 3. The molecule has 3 aromatic heterocycles. The van der Waals surface area contributed by atoms with Gasteiger partial charge in [0.25, 0.3) is 0 Å². The van der Waals surface area contributed by atoms with Crippen molar-refractivity contribution in [2.45, 2.75) is 205 Å². The number of fused-ring (bicyclic) bond motifs is 3. The highest BCUT2D eigenvalue weighted by Crippen LogP contribution is 2.41. The Balaban J connectivity index is 0.000000152. The second kappa shape index (κ2) is 22.4. The van der Waals surface area contributed by atoms with Crippen molar-refractivity contribution in [1.82, 2.24) is 5.32 Å². The van der Waals surface area contributed by atoms with E-state index in [0.29, 0.717) is 43.1 Å². The van der Waals surface area contributed by atoms with Crippen LogP contribution in [0.5, 0.6) is 5.75 Å². The zero-order valence-electron chi connectivity index (χ0n) is 39.6. The van der Waals surface area contributed by atoms with Crippen molar-refractivity contribution in [3.63, 3.8) is 0 Å². The number of carbonyl (C=O) groups is 1. The average molecular weight is 934 g/mol. The summed E-state index contributed by atoms with van der Waals surface area (Å²) >= 11 is 0. The van der Waals surface area contributed by atoms with Crippen molar-refractivity contribution in [2.75, 3.05) is 6.54 Å². The number of ether oxygens (including phenoxy) is 9. The third-order valence-electron chi connectivity index (χ3n) is 12.0. The van der Waals surface area contributed by atoms with Gasteiger partial charge in [-0.3, -0.25) is 10.1 Å². The molecule has 0 radical (unpaired) electrons. The summed E-state index contributed by atoms with van der Waals surface area (Å²) in [5.41, 5.74) is 6.31. The summed E-state index contributed by atoms with van der Waals surface area (Å²) < 4.78 is 65.2. The van der Waals surface area contributed by atoms with Gasteiger partial charge in [-0.25, -0.2) is 0 Å². The van der Waals surface area contributed by atoms with Gasteiger partial charge in [0.2, 0.25) is 5.69 Å². The molecule has 6 aliphatic heterocycles. The summed E-state index contributed by atoms with van der Waals surface area (Å²) in [7, 11) is 0. The van der Waals surface area contributed by atoms with E-state index in [1.807, 2.05) is 47.6 Å². The number of aldehydes is 1. The minimum absolute atomic E-state index is 0.00766. The molecule has 9 rings (SSSR count). The minimum Gasteiger partial charge on any atom is -0.868 e. The first kappa shape index (κ1) is 52.0. The van der Waals surface area contributed by atoms with E-state index >= 15 is 0 Å². The summed E-state index contributed by atoms with van der Waals surface area (Å²) in [5.74, 6) is 0.220. The molecule has 3 aromatic rings. The van der Waals surface area contributed by atoms with Gasteiger partial charge >= 0.3 is 0 Å². The molecule has 19 heteroatoms. The highest BCUT2D eigenvalue weighted by molar-refractivity contribution is 5.70. The highest BCUT2D eigenvalue weighted by Gasteiger charge is 2.57. The van der Waals surface area contributed by atoms with Crippen molar-refractivity contribution in [1.29, 1.82) is 0 Å². The maximum atomic E-state index is 11.6. The Labute approximate surface area is 386 Å². The van der Waals surface area contributed by atoms with E-state index in [4.69, 9.17) is 67.4 Å². The normalized spacial score (nSPS) is 32.9. The van der Waals surface area contributed by atoms with Crippen LogP contribution < -0.4 is 20.7 Å². The van der Waals surface area contributed by atoms with Crippen LogP contribution in [0, 0.1) is 0 Å². The third kappa shape index (κ3) is 12.6. The fourth-order valence-corrected chi connectivity index (χ4v) is 9.12. The van der Waals surface area contributed by atoms with Crippen molar-refractivity contribution in [3.05, 3.63) is 71.3 Å². The van der Waals surface area contributed by atoms with E-state index < -0.39 is 17.4 Å². The van der Waals surface area contributed by atoms with Crippen LogP contribution in [0.15, 0.2) is 51.4 Å². The Morgan fingerprint density at radius 1 is 0.621 bits per heavy atom. The maximum Gasteiger partial charge on any atom is 0.207 e. The number of furan rings is 2. The predicted molar refractivity (Wildman–Crippen MR) is 231 cm³/mol. The number of pyridine rings is 1. The number of hydrogen-bond donors (Lipinski definition) is 5. The van der Waals surface area contributed by atoms with Gasteiger partial charge in [0.1, 0.15) is 86.1 Å². The molecule has 0 aliphatic carbocycles. The number of nitrogens with zero attached hydrogens (tertiary/aromatic N) is 1. The van der Waals surface area contributed by atoms with Crippen LogP contribution in [0.2, 0.25) is 0 Å². The summed E-state index contributed by atoms with van der Waals surface area (Å²) in [6, 6.07) is 9.78. The molecule has 9 heterocycles. The molecule has 66 heavy (non-hydrogen) atoms. The molecule has 0 bridgehead atoms. The standard InChI is InChI=1S/C16H23NO5.C15H23NO5.C10H19NO3.C6H6O3/c1-4-12-14-15(22-16(2,3)21-14)13(20-12)8-17-7-11(19)6-5-10(17)9-18;1-4-11-12-13(21-15(2,3)20-12)14(19-11)16-7-9-5-6-10(8-17)18-9;1-4-6-8-9(7(5-11)12-6)14-10(2,3)13-8;7-3-5-1-2-6(4-8)9-5/h5-7,12-15,18H,4,8-9H2,1-3H3;5-6,11-14,16-17H,4,7-8H2,1-3H3;6-9H,4-5,11H2,1-3H3;1-3,8H,4H2. The molecule has 6 aliphatic rings. The van der Waals surface area contributed by atoms with Crippen LogP contribution >= 0.6 is 0 Å². The molecular formula is C47H71N3O16. The highest BCUT2D eigenvalue weighted by atomic mass is 16.8. The smallest absolute Gasteiger partial charge is 0.207 e. The first-order valence-corrected chi connectivity index (χ1v) is 23.0. The third-order valence-corrected chi connectivity index (χ3v) is 12.0. The number of aromatic nitrogens is 1. The van der Waals surface area contributed by atoms with Crippen LogP contribution in [0.4, 0.5) is 0 Å². The van der Waals surface area contributed by atoms with Crippen LogP contribution in [-0.2, 0) is 75.5 Å². The molecule has 6 saturated heterocycles. The van der Waals surface area contributed by atoms with Gasteiger partial charge in [-0.05, 0) is 90.8 Å². The van der Waals surface area contributed by atoms with Crippen LogP contribution in [0.25, 0.3) is 0 Å². The molecular weight excluding hydrogens is 863 g/mol. The van der Waals surface area contributed by atoms with Crippen LogP contribution in [0.3, 0.4) is 0 Å². The van der Waals surface area contributed by atoms with Crippen LogP contribution in [-0.4, -0.2) is 119 Å². The van der Waals surface area contributed by atoms with Crippen molar-refractivity contribution >= 4 is 6.29 Å². The summed E-state index contributed by atoms with van der Waals surface area (Å²) in [4.78, 5) is 9.96. The van der Waals surface area contributed by atoms with E-state index in [1.54, 1.807) is 22.8 Å². The van der Waals surface area contributed by atoms with E-state index in [0.717, 1.165) is 25.0 Å². The average Bonchev–Trinajstić information content (AvgIpc) is 4.17. The van der Waals surface area contributed by atoms with Crippen molar-refractivity contribution < 1.29 is 81.3 Å². The van der Waals surface area contributed by atoms with E-state index in [2.05, 4.69) is 26.1 Å². The van der Waals surface area contributed by atoms with Crippen molar-refractivity contribution in [3.8, 4) is 5.75 Å². The second-order valence-corrected chi connectivity index (χ2v) is 18.3. The molecule has 0 amide bonds. The van der Waals surface area contributed by atoms with E-state index in [1.165, 1.54) is 18.3 Å². The van der Waals surface area contributed by atoms with Crippen LogP contribution in [0.1, 0.15) is 115 Å². The number of nitrogens with two attached hydrogens (primary N) is 1. The Bertz CT molecular complexity index is 1970. The second-order valence-electron chi connectivity index (χ2n) is 18.3. The molecule has 6 N–H and O–H groups in total. The number of rotatable bonds is 13. The summed E-state index contributed by atoms with van der Waals surface area (Å²) in [6.45, 7) is 18.9. The minimum atomic E-state index is -0.615. The number of aliphatic hydroxyl groups excluding tert-OH is 3. The van der Waals surface area contributed by atoms with Gasteiger partial charge in [-0.1, -0.05) is 26.8 Å². The Kier molecular flexibility index (Phi) is 17.6. The van der Waals surface area contributed by atoms with E-state index in [9.17, 15) is 15.0 Å². The lowest BCUT2D eigenvalue weighted by Gasteiger charge is -2.24. The first-order valence-electron chi connectivity index (χ1n) is 23.0. The lowest BCUT2D eigenvalue weighted by atomic mass is 10.1. The fourth-order valence-electron chi connectivity index (χ4n) is 9.12. The largest absolute Gasteiger partial charge is 0.868 e. The number of nitrogens with one attached hydrogen (secondary N) is 1. The first-order chi connectivity index (χ1) is 31.4. The molecule has 12 atom stereocenters. The molecule has 0 spiro atoms. The van der Waals surface area contributed by atoms with Gasteiger partial charge in [-0.15, -0.1) is 0 Å². The molecule has 6 fully saturated rings. The molecule has 0 aromatic carbocycles. The summed E-state index contributed by atoms with van der Waals surface area (Å²) in [6.07, 6.45) is 4.18. The summed E-state index contributed by atoms with van der Waals surface area (Å²) in [5, 5.41) is 41.8. The predicted octanol–water partition coefficient (Wildman–Crippen LogP) is 2.98.